The summed E-state index contributed by atoms with van der Waals surface area (Å²) in [5.74, 6) is 0.636. The number of carbonyl (C=O) groups is 1. The van der Waals surface area contributed by atoms with Gasteiger partial charge in [0.2, 0.25) is 0 Å². The fourth-order valence-electron chi connectivity index (χ4n) is 3.95. The van der Waals surface area contributed by atoms with Crippen LogP contribution in [0.5, 0.6) is 0 Å². The van der Waals surface area contributed by atoms with Crippen LogP contribution in [0.1, 0.15) is 30.0 Å². The van der Waals surface area contributed by atoms with Gasteiger partial charge in [-0.3, -0.25) is 4.90 Å². The predicted molar refractivity (Wildman–Crippen MR) is 111 cm³/mol. The van der Waals surface area contributed by atoms with Gasteiger partial charge in [-0.05, 0) is 30.0 Å². The number of thioether (sulfide) groups is 1. The Bertz CT molecular complexity index is 817. The smallest absolute Gasteiger partial charge is 0.317 e. The van der Waals surface area contributed by atoms with Gasteiger partial charge in [0, 0.05) is 43.4 Å². The van der Waals surface area contributed by atoms with E-state index in [4.69, 9.17) is 0 Å². The molecule has 1 unspecified atom stereocenters. The Balaban J connectivity index is 1.35. The van der Waals surface area contributed by atoms with Crippen LogP contribution < -0.4 is 5.32 Å². The molecule has 2 aliphatic rings. The Morgan fingerprint density at radius 3 is 2.79 bits per heavy atom. The Morgan fingerprint density at radius 2 is 1.93 bits per heavy atom. The van der Waals surface area contributed by atoms with Crippen LogP contribution in [0.25, 0.3) is 0 Å². The molecule has 0 aliphatic carbocycles. The molecule has 2 amide bonds. The molecule has 0 aromatic heterocycles. The van der Waals surface area contributed by atoms with Crippen molar-refractivity contribution in [3.63, 3.8) is 0 Å². The highest BCUT2D eigenvalue weighted by atomic mass is 32.2. The first-order valence-electron chi connectivity index (χ1n) is 9.93. The average Bonchev–Trinajstić information content (AvgIpc) is 2.95. The highest BCUT2D eigenvalue weighted by Crippen LogP contribution is 2.37. The largest absolute Gasteiger partial charge is 0.331 e. The third-order valence-electron chi connectivity index (χ3n) is 5.45. The maximum atomic E-state index is 14.1. The first-order chi connectivity index (χ1) is 13.7. The van der Waals surface area contributed by atoms with Gasteiger partial charge in [0.1, 0.15) is 5.82 Å². The van der Waals surface area contributed by atoms with E-state index in [1.807, 2.05) is 17.0 Å². The number of hydrogen-bond acceptors (Lipinski definition) is 3. The number of amides is 2. The minimum absolute atomic E-state index is 0.0336. The molecule has 0 spiro atoms. The van der Waals surface area contributed by atoms with Gasteiger partial charge < -0.3 is 10.2 Å². The number of carbonyl (C=O) groups excluding carboxylic acids is 1. The Morgan fingerprint density at radius 1 is 1.07 bits per heavy atom. The molecule has 0 saturated carbocycles. The summed E-state index contributed by atoms with van der Waals surface area (Å²) in [4.78, 5) is 17.9. The van der Waals surface area contributed by atoms with Crippen molar-refractivity contribution in [3.8, 4) is 0 Å². The molecule has 0 bridgehead atoms. The molecule has 2 aromatic carbocycles. The molecule has 4 rings (SSSR count). The van der Waals surface area contributed by atoms with Gasteiger partial charge in [-0.2, -0.15) is 0 Å². The molecular formula is C22H26FN3OS. The van der Waals surface area contributed by atoms with Crippen LogP contribution in [-0.4, -0.2) is 47.8 Å². The van der Waals surface area contributed by atoms with Crippen molar-refractivity contribution in [1.29, 1.82) is 0 Å². The summed E-state index contributed by atoms with van der Waals surface area (Å²) in [6.45, 7) is 4.26. The molecule has 1 fully saturated rings. The number of hydrogen-bond donors (Lipinski definition) is 1. The summed E-state index contributed by atoms with van der Waals surface area (Å²) < 4.78 is 14.1. The van der Waals surface area contributed by atoms with E-state index in [0.717, 1.165) is 56.9 Å². The van der Waals surface area contributed by atoms with Gasteiger partial charge in [-0.15, -0.1) is 11.8 Å². The van der Waals surface area contributed by atoms with E-state index in [1.54, 1.807) is 6.07 Å². The molecule has 148 valence electrons. The summed E-state index contributed by atoms with van der Waals surface area (Å²) in [6.07, 6.45) is 1.80. The number of rotatable bonds is 3. The van der Waals surface area contributed by atoms with Gasteiger partial charge in [-0.1, -0.05) is 42.5 Å². The number of nitrogens with zero attached hydrogens (tertiary/aromatic N) is 2. The van der Waals surface area contributed by atoms with E-state index < -0.39 is 0 Å². The van der Waals surface area contributed by atoms with Crippen molar-refractivity contribution in [2.75, 3.05) is 31.9 Å². The van der Waals surface area contributed by atoms with Crippen LogP contribution in [0.3, 0.4) is 0 Å². The highest BCUT2D eigenvalue weighted by Gasteiger charge is 2.27. The van der Waals surface area contributed by atoms with Crippen LogP contribution in [0.15, 0.2) is 53.4 Å². The Labute approximate surface area is 170 Å². The Kier molecular flexibility index (Phi) is 6.17. The second kappa shape index (κ2) is 8.97. The summed E-state index contributed by atoms with van der Waals surface area (Å²) in [6, 6.07) is 15.5. The predicted octanol–water partition coefficient (Wildman–Crippen LogP) is 4.28. The number of benzene rings is 2. The van der Waals surface area contributed by atoms with Gasteiger partial charge in [0.05, 0.1) is 6.04 Å². The topological polar surface area (TPSA) is 35.6 Å². The second-order valence-corrected chi connectivity index (χ2v) is 8.50. The van der Waals surface area contributed by atoms with Gasteiger partial charge in [0.25, 0.3) is 0 Å². The lowest BCUT2D eigenvalue weighted by atomic mass is 10.0. The minimum Gasteiger partial charge on any atom is -0.331 e. The first kappa shape index (κ1) is 19.3. The van der Waals surface area contributed by atoms with E-state index in [0.29, 0.717) is 4.90 Å². The van der Waals surface area contributed by atoms with Gasteiger partial charge in [0.15, 0.2) is 0 Å². The molecule has 0 radical (unpaired) electrons. The van der Waals surface area contributed by atoms with Crippen molar-refractivity contribution < 1.29 is 9.18 Å². The van der Waals surface area contributed by atoms with Crippen LogP contribution in [-0.2, 0) is 6.54 Å². The quantitative estimate of drug-likeness (QED) is 0.837. The zero-order valence-electron chi connectivity index (χ0n) is 15.9. The van der Waals surface area contributed by atoms with E-state index in [2.05, 4.69) is 34.5 Å². The lowest BCUT2D eigenvalue weighted by Crippen LogP contribution is -2.44. The summed E-state index contributed by atoms with van der Waals surface area (Å²) in [7, 11) is 0. The maximum absolute atomic E-state index is 14.1. The van der Waals surface area contributed by atoms with Crippen LogP contribution in [0.2, 0.25) is 0 Å². The molecule has 4 nitrogen and oxygen atoms in total. The van der Waals surface area contributed by atoms with Crippen molar-refractivity contribution in [1.82, 2.24) is 15.1 Å². The summed E-state index contributed by atoms with van der Waals surface area (Å²) in [5, 5.41) is 3.15. The lowest BCUT2D eigenvalue weighted by Gasteiger charge is -2.29. The molecule has 2 aliphatic heterocycles. The molecule has 28 heavy (non-hydrogen) atoms. The van der Waals surface area contributed by atoms with Crippen molar-refractivity contribution in [2.24, 2.45) is 0 Å². The molecule has 6 heteroatoms. The second-order valence-electron chi connectivity index (χ2n) is 7.40. The number of halogens is 1. The highest BCUT2D eigenvalue weighted by molar-refractivity contribution is 7.99. The SMILES string of the molecule is O=C(NC1CCSc2c(F)cccc21)N1CCCN(Cc2ccccc2)CC1. The molecule has 2 heterocycles. The molecular weight excluding hydrogens is 373 g/mol. The fourth-order valence-corrected chi connectivity index (χ4v) is 5.09. The third kappa shape index (κ3) is 4.50. The summed E-state index contributed by atoms with van der Waals surface area (Å²) in [5.41, 5.74) is 2.21. The van der Waals surface area contributed by atoms with E-state index in [9.17, 15) is 9.18 Å². The minimum atomic E-state index is -0.187. The van der Waals surface area contributed by atoms with Crippen molar-refractivity contribution in [3.05, 3.63) is 65.5 Å². The van der Waals surface area contributed by atoms with E-state index >= 15 is 0 Å². The Hall–Kier alpha value is -2.05. The normalized spacial score (nSPS) is 20.3. The standard InChI is InChI=1S/C22H26FN3OS/c23-19-9-4-8-18-20(10-15-28-21(18)19)24-22(27)26-12-5-11-25(13-14-26)16-17-6-2-1-3-7-17/h1-4,6-9,20H,5,10-16H2,(H,24,27). The van der Waals surface area contributed by atoms with Crippen LogP contribution in [0, 0.1) is 5.82 Å². The average molecular weight is 400 g/mol. The van der Waals surface area contributed by atoms with Crippen LogP contribution in [0.4, 0.5) is 9.18 Å². The van der Waals surface area contributed by atoms with Gasteiger partial charge in [-0.25, -0.2) is 9.18 Å². The monoisotopic (exact) mass is 399 g/mol. The maximum Gasteiger partial charge on any atom is 0.317 e. The number of fused-ring (bicyclic) bond motifs is 1. The summed E-state index contributed by atoms with van der Waals surface area (Å²) >= 11 is 1.54. The third-order valence-corrected chi connectivity index (χ3v) is 6.61. The molecule has 1 atom stereocenters. The van der Waals surface area contributed by atoms with E-state index in [1.165, 1.54) is 23.4 Å². The van der Waals surface area contributed by atoms with Crippen LogP contribution >= 0.6 is 11.8 Å². The van der Waals surface area contributed by atoms with Crippen molar-refractivity contribution in [2.45, 2.75) is 30.3 Å². The molecule has 1 saturated heterocycles. The van der Waals surface area contributed by atoms with E-state index in [-0.39, 0.29) is 17.9 Å². The number of urea groups is 1. The fraction of sp³-hybridized carbons (Fsp3) is 0.409. The zero-order chi connectivity index (χ0) is 19.3. The molecule has 2 aromatic rings. The van der Waals surface area contributed by atoms with Gasteiger partial charge >= 0.3 is 6.03 Å². The van der Waals surface area contributed by atoms with Crippen molar-refractivity contribution >= 4 is 17.8 Å². The zero-order valence-corrected chi connectivity index (χ0v) is 16.8. The molecule has 1 N–H and O–H groups in total. The lowest BCUT2D eigenvalue weighted by molar-refractivity contribution is 0.193. The number of nitrogens with one attached hydrogen (secondary N) is 1. The first-order valence-corrected chi connectivity index (χ1v) is 10.9.